The van der Waals surface area contributed by atoms with Gasteiger partial charge in [-0.3, -0.25) is 0 Å². The van der Waals surface area contributed by atoms with Crippen molar-refractivity contribution in [3.8, 4) is 0 Å². The minimum Gasteiger partial charge on any atom is -0.0807 e. The number of rotatable bonds is 3. The van der Waals surface area contributed by atoms with Gasteiger partial charge in [-0.1, -0.05) is 43.6 Å². The highest BCUT2D eigenvalue weighted by molar-refractivity contribution is 5.25. The zero-order chi connectivity index (χ0) is 9.03. The molecule has 0 spiro atoms. The zero-order valence-electron chi connectivity index (χ0n) is 8.27. The second kappa shape index (κ2) is 3.93. The molecule has 0 saturated carbocycles. The molecule has 0 amide bonds. The van der Waals surface area contributed by atoms with Crippen LogP contribution in [0.2, 0.25) is 0 Å². The molecule has 67 valence electrons. The second-order valence-electron chi connectivity index (χ2n) is 3.95. The van der Waals surface area contributed by atoms with E-state index in [4.69, 9.17) is 0 Å². The molecule has 1 aliphatic rings. The lowest BCUT2D eigenvalue weighted by Crippen LogP contribution is -2.14. The van der Waals surface area contributed by atoms with Crippen LogP contribution in [0.25, 0.3) is 0 Å². The molecule has 1 aliphatic carbocycles. The Morgan fingerprint density at radius 2 is 2.33 bits per heavy atom. The Morgan fingerprint density at radius 3 is 2.83 bits per heavy atom. The van der Waals surface area contributed by atoms with Crippen molar-refractivity contribution in [1.29, 1.82) is 0 Å². The van der Waals surface area contributed by atoms with E-state index in [1.807, 2.05) is 0 Å². The van der Waals surface area contributed by atoms with Gasteiger partial charge in [0.1, 0.15) is 0 Å². The van der Waals surface area contributed by atoms with Gasteiger partial charge in [-0.2, -0.15) is 0 Å². The summed E-state index contributed by atoms with van der Waals surface area (Å²) in [5, 5.41) is 0. The molecule has 0 fully saturated rings. The topological polar surface area (TPSA) is 0 Å². The molecule has 1 atom stereocenters. The Balaban J connectivity index is 2.47. The van der Waals surface area contributed by atoms with Crippen molar-refractivity contribution >= 4 is 0 Å². The number of allylic oxidation sites excluding steroid dienone is 4. The SMILES string of the molecule is [CH2]C1(CCCC)C=CC(C)=CC1. The van der Waals surface area contributed by atoms with Gasteiger partial charge in [-0.25, -0.2) is 0 Å². The van der Waals surface area contributed by atoms with E-state index in [0.29, 0.717) is 0 Å². The van der Waals surface area contributed by atoms with Gasteiger partial charge in [0.25, 0.3) is 0 Å². The van der Waals surface area contributed by atoms with Gasteiger partial charge in [0.2, 0.25) is 0 Å². The third kappa shape index (κ3) is 2.51. The first-order valence-corrected chi connectivity index (χ1v) is 4.88. The summed E-state index contributed by atoms with van der Waals surface area (Å²) < 4.78 is 0. The molecular formula is C12H19. The molecule has 0 aromatic rings. The van der Waals surface area contributed by atoms with Crippen molar-refractivity contribution in [2.45, 2.75) is 39.5 Å². The number of unbranched alkanes of at least 4 members (excludes halogenated alkanes) is 1. The van der Waals surface area contributed by atoms with E-state index in [1.54, 1.807) is 0 Å². The van der Waals surface area contributed by atoms with Crippen molar-refractivity contribution < 1.29 is 0 Å². The van der Waals surface area contributed by atoms with Gasteiger partial charge >= 0.3 is 0 Å². The Kier molecular flexibility index (Phi) is 3.13. The summed E-state index contributed by atoms with van der Waals surface area (Å²) in [7, 11) is 0. The first kappa shape index (κ1) is 9.57. The highest BCUT2D eigenvalue weighted by atomic mass is 14.2. The van der Waals surface area contributed by atoms with Crippen molar-refractivity contribution in [2.24, 2.45) is 5.41 Å². The summed E-state index contributed by atoms with van der Waals surface area (Å²) in [5.74, 6) is 0. The summed E-state index contributed by atoms with van der Waals surface area (Å²) >= 11 is 0. The first-order valence-electron chi connectivity index (χ1n) is 4.88. The minimum atomic E-state index is 0.204. The molecule has 1 radical (unpaired) electrons. The molecule has 12 heavy (non-hydrogen) atoms. The maximum Gasteiger partial charge on any atom is -0.00800 e. The fraction of sp³-hybridized carbons (Fsp3) is 0.583. The van der Waals surface area contributed by atoms with Gasteiger partial charge < -0.3 is 0 Å². The van der Waals surface area contributed by atoms with Crippen LogP contribution in [0.15, 0.2) is 23.8 Å². The lowest BCUT2D eigenvalue weighted by molar-refractivity contribution is 0.426. The molecule has 0 bridgehead atoms. The summed E-state index contributed by atoms with van der Waals surface area (Å²) in [5.41, 5.74) is 1.58. The van der Waals surface area contributed by atoms with Gasteiger partial charge in [-0.15, -0.1) is 0 Å². The maximum atomic E-state index is 4.27. The largest absolute Gasteiger partial charge is 0.0807 e. The molecule has 0 heteroatoms. The molecule has 0 N–H and O–H groups in total. The summed E-state index contributed by atoms with van der Waals surface area (Å²) in [6.45, 7) is 8.65. The van der Waals surface area contributed by atoms with Crippen LogP contribution in [0, 0.1) is 12.3 Å². The Morgan fingerprint density at radius 1 is 1.58 bits per heavy atom. The van der Waals surface area contributed by atoms with Crippen LogP contribution in [-0.2, 0) is 0 Å². The summed E-state index contributed by atoms with van der Waals surface area (Å²) in [6, 6.07) is 0. The fourth-order valence-corrected chi connectivity index (χ4v) is 1.52. The predicted molar refractivity (Wildman–Crippen MR) is 54.8 cm³/mol. The summed E-state index contributed by atoms with van der Waals surface area (Å²) in [4.78, 5) is 0. The minimum absolute atomic E-state index is 0.204. The van der Waals surface area contributed by atoms with Crippen molar-refractivity contribution in [3.05, 3.63) is 30.7 Å². The Hall–Kier alpha value is -0.520. The van der Waals surface area contributed by atoms with Crippen LogP contribution in [0.3, 0.4) is 0 Å². The lowest BCUT2D eigenvalue weighted by Gasteiger charge is -2.27. The average Bonchev–Trinajstić information content (AvgIpc) is 2.08. The highest BCUT2D eigenvalue weighted by Crippen LogP contribution is 2.33. The number of hydrogen-bond acceptors (Lipinski definition) is 0. The van der Waals surface area contributed by atoms with E-state index in [9.17, 15) is 0 Å². The second-order valence-corrected chi connectivity index (χ2v) is 3.95. The number of hydrogen-bond donors (Lipinski definition) is 0. The first-order chi connectivity index (χ1) is 5.66. The van der Waals surface area contributed by atoms with Crippen LogP contribution >= 0.6 is 0 Å². The van der Waals surface area contributed by atoms with Gasteiger partial charge in [0.05, 0.1) is 0 Å². The van der Waals surface area contributed by atoms with E-state index < -0.39 is 0 Å². The smallest absolute Gasteiger partial charge is 0.00800 e. The van der Waals surface area contributed by atoms with E-state index in [-0.39, 0.29) is 5.41 Å². The molecule has 0 heterocycles. The molecule has 1 unspecified atom stereocenters. The molecule has 0 nitrogen and oxygen atoms in total. The van der Waals surface area contributed by atoms with Crippen molar-refractivity contribution in [3.63, 3.8) is 0 Å². The van der Waals surface area contributed by atoms with Crippen LogP contribution < -0.4 is 0 Å². The third-order valence-corrected chi connectivity index (χ3v) is 2.56. The van der Waals surface area contributed by atoms with Crippen LogP contribution in [-0.4, -0.2) is 0 Å². The predicted octanol–water partition coefficient (Wildman–Crippen LogP) is 3.90. The lowest BCUT2D eigenvalue weighted by atomic mass is 9.78. The maximum absolute atomic E-state index is 4.27. The average molecular weight is 163 g/mol. The molecule has 0 aromatic carbocycles. The van der Waals surface area contributed by atoms with E-state index in [0.717, 1.165) is 6.42 Å². The quantitative estimate of drug-likeness (QED) is 0.592. The van der Waals surface area contributed by atoms with Gasteiger partial charge in [0, 0.05) is 0 Å². The zero-order valence-corrected chi connectivity index (χ0v) is 8.27. The molecule has 0 aromatic heterocycles. The highest BCUT2D eigenvalue weighted by Gasteiger charge is 2.20. The van der Waals surface area contributed by atoms with E-state index in [2.05, 4.69) is 39.0 Å². The standard InChI is InChI=1S/C12H19/c1-4-5-8-12(3)9-6-11(2)7-10-12/h6-7,9H,3-5,8,10H2,1-2H3. The van der Waals surface area contributed by atoms with Gasteiger partial charge in [0.15, 0.2) is 0 Å². The Bertz CT molecular complexity index is 198. The van der Waals surface area contributed by atoms with Crippen molar-refractivity contribution in [1.82, 2.24) is 0 Å². The molecule has 1 rings (SSSR count). The van der Waals surface area contributed by atoms with Crippen LogP contribution in [0.4, 0.5) is 0 Å². The Labute approximate surface area is 76.4 Å². The molecule has 0 saturated heterocycles. The van der Waals surface area contributed by atoms with E-state index >= 15 is 0 Å². The molecule has 0 aliphatic heterocycles. The molecular weight excluding hydrogens is 144 g/mol. The van der Waals surface area contributed by atoms with Crippen LogP contribution in [0.5, 0.6) is 0 Å². The van der Waals surface area contributed by atoms with Gasteiger partial charge in [-0.05, 0) is 32.1 Å². The van der Waals surface area contributed by atoms with Crippen LogP contribution in [0.1, 0.15) is 39.5 Å². The monoisotopic (exact) mass is 163 g/mol. The third-order valence-electron chi connectivity index (χ3n) is 2.56. The fourth-order valence-electron chi connectivity index (χ4n) is 1.52. The van der Waals surface area contributed by atoms with Crippen molar-refractivity contribution in [2.75, 3.05) is 0 Å². The normalized spacial score (nSPS) is 28.8. The summed E-state index contributed by atoms with van der Waals surface area (Å²) in [6.07, 6.45) is 11.7. The van der Waals surface area contributed by atoms with E-state index in [1.165, 1.54) is 24.8 Å².